The maximum absolute atomic E-state index is 5.69. The highest BCUT2D eigenvalue weighted by Crippen LogP contribution is 2.21. The maximum Gasteiger partial charge on any atom is 0.288 e. The monoisotopic (exact) mass is 283 g/mol. The van der Waals surface area contributed by atoms with E-state index in [9.17, 15) is 0 Å². The summed E-state index contributed by atoms with van der Waals surface area (Å²) < 4.78 is 7.71. The molecule has 0 N–H and O–H groups in total. The first-order chi connectivity index (χ1) is 9.78. The lowest BCUT2D eigenvalue weighted by Gasteiger charge is -1.94. The topological polar surface area (TPSA) is 55.7 Å². The third kappa shape index (κ3) is 1.94. The summed E-state index contributed by atoms with van der Waals surface area (Å²) in [5, 5.41) is 2.08. The van der Waals surface area contributed by atoms with Gasteiger partial charge < -0.3 is 4.42 Å². The van der Waals surface area contributed by atoms with Gasteiger partial charge in [0.15, 0.2) is 0 Å². The summed E-state index contributed by atoms with van der Waals surface area (Å²) in [5.74, 6) is 0.846. The first kappa shape index (κ1) is 11.5. The Morgan fingerprint density at radius 2 is 2.20 bits per heavy atom. The number of fused-ring (bicyclic) bond motifs is 2. The van der Waals surface area contributed by atoms with E-state index in [0.717, 1.165) is 21.4 Å². The standard InChI is InChI=1S/C14H11N4OS/c1-9-2-11-5-18(8-17-14(11)20-9)6-12-3-10-4-15-7-16-13(10)19-12/h2-5,7-8H,6H2,1H3/q+1. The molecule has 5 nitrogen and oxygen atoms in total. The van der Waals surface area contributed by atoms with Gasteiger partial charge >= 0.3 is 0 Å². The third-order valence-corrected chi connectivity index (χ3v) is 4.05. The number of furan rings is 1. The minimum Gasteiger partial charge on any atom is -0.438 e. The average molecular weight is 283 g/mol. The second-order valence-corrected chi connectivity index (χ2v) is 5.89. The first-order valence-electron chi connectivity index (χ1n) is 6.21. The van der Waals surface area contributed by atoms with Crippen molar-refractivity contribution in [1.29, 1.82) is 0 Å². The van der Waals surface area contributed by atoms with Crippen LogP contribution in [0, 0.1) is 6.92 Å². The zero-order valence-corrected chi connectivity index (χ0v) is 11.6. The Morgan fingerprint density at radius 3 is 3.10 bits per heavy atom. The van der Waals surface area contributed by atoms with Crippen molar-refractivity contribution in [2.45, 2.75) is 13.5 Å². The predicted octanol–water partition coefficient (Wildman–Crippen LogP) is 2.48. The van der Waals surface area contributed by atoms with Crippen molar-refractivity contribution in [1.82, 2.24) is 15.0 Å². The zero-order valence-electron chi connectivity index (χ0n) is 10.8. The Balaban J connectivity index is 1.72. The number of hydrogen-bond donors (Lipinski definition) is 0. The Kier molecular flexibility index (Phi) is 2.50. The molecular formula is C14H11N4OS+. The quantitative estimate of drug-likeness (QED) is 0.530. The molecule has 4 rings (SSSR count). The number of aromatic nitrogens is 4. The molecule has 4 aromatic heterocycles. The summed E-state index contributed by atoms with van der Waals surface area (Å²) in [4.78, 5) is 14.9. The first-order valence-corrected chi connectivity index (χ1v) is 7.03. The molecule has 6 heteroatoms. The van der Waals surface area contributed by atoms with E-state index in [2.05, 4.69) is 34.1 Å². The predicted molar refractivity (Wildman–Crippen MR) is 75.5 cm³/mol. The van der Waals surface area contributed by atoms with E-state index in [1.807, 2.05) is 17.0 Å². The molecule has 0 spiro atoms. The Morgan fingerprint density at radius 1 is 1.25 bits per heavy atom. The second kappa shape index (κ2) is 4.35. The van der Waals surface area contributed by atoms with Gasteiger partial charge in [0.2, 0.25) is 10.5 Å². The van der Waals surface area contributed by atoms with Gasteiger partial charge in [-0.15, -0.1) is 0 Å². The zero-order chi connectivity index (χ0) is 13.5. The van der Waals surface area contributed by atoms with Crippen LogP contribution in [0.4, 0.5) is 0 Å². The fraction of sp³-hybridized carbons (Fsp3) is 0.143. The van der Waals surface area contributed by atoms with Crippen molar-refractivity contribution in [2.24, 2.45) is 0 Å². The van der Waals surface area contributed by atoms with Crippen LogP contribution >= 0.6 is 11.3 Å². The van der Waals surface area contributed by atoms with Gasteiger partial charge in [-0.25, -0.2) is 14.5 Å². The minimum atomic E-state index is 0.621. The lowest BCUT2D eigenvalue weighted by molar-refractivity contribution is -0.691. The fourth-order valence-electron chi connectivity index (χ4n) is 2.24. The van der Waals surface area contributed by atoms with Gasteiger partial charge in [-0.3, -0.25) is 0 Å². The number of aryl methyl sites for hydroxylation is 1. The van der Waals surface area contributed by atoms with E-state index < -0.39 is 0 Å². The van der Waals surface area contributed by atoms with E-state index >= 15 is 0 Å². The number of hydrogen-bond acceptors (Lipinski definition) is 5. The second-order valence-electron chi connectivity index (χ2n) is 4.66. The Bertz CT molecular complexity index is 879. The summed E-state index contributed by atoms with van der Waals surface area (Å²) in [6.07, 6.45) is 7.16. The van der Waals surface area contributed by atoms with Crippen LogP contribution in [0.25, 0.3) is 21.3 Å². The van der Waals surface area contributed by atoms with Crippen LogP contribution in [0.2, 0.25) is 0 Å². The van der Waals surface area contributed by atoms with E-state index in [4.69, 9.17) is 4.42 Å². The van der Waals surface area contributed by atoms with Crippen molar-refractivity contribution >= 4 is 32.7 Å². The van der Waals surface area contributed by atoms with E-state index in [1.165, 1.54) is 11.2 Å². The van der Waals surface area contributed by atoms with Crippen LogP contribution in [0.1, 0.15) is 10.6 Å². The highest BCUT2D eigenvalue weighted by atomic mass is 32.1. The van der Waals surface area contributed by atoms with Crippen molar-refractivity contribution < 1.29 is 8.98 Å². The molecule has 0 aromatic carbocycles. The minimum absolute atomic E-state index is 0.621. The molecule has 0 atom stereocenters. The summed E-state index contributed by atoms with van der Waals surface area (Å²) in [7, 11) is 0. The molecule has 0 radical (unpaired) electrons. The lowest BCUT2D eigenvalue weighted by Crippen LogP contribution is -2.33. The van der Waals surface area contributed by atoms with Crippen LogP contribution in [0.15, 0.2) is 41.6 Å². The summed E-state index contributed by atoms with van der Waals surface area (Å²) >= 11 is 1.70. The highest BCUT2D eigenvalue weighted by molar-refractivity contribution is 7.18. The Hall–Kier alpha value is -2.34. The molecule has 0 saturated carbocycles. The molecule has 0 aliphatic carbocycles. The SMILES string of the molecule is Cc1cc2c[n+](Cc3cc4cncnc4o3)cnc2s1. The van der Waals surface area contributed by atoms with Gasteiger partial charge in [-0.1, -0.05) is 11.3 Å². The van der Waals surface area contributed by atoms with Crippen molar-refractivity contribution in [3.63, 3.8) is 0 Å². The van der Waals surface area contributed by atoms with Gasteiger partial charge in [0.05, 0.1) is 10.8 Å². The molecule has 0 unspecified atom stereocenters. The van der Waals surface area contributed by atoms with E-state index in [1.54, 1.807) is 17.5 Å². The molecule has 4 aromatic rings. The van der Waals surface area contributed by atoms with Gasteiger partial charge in [-0.05, 0) is 24.0 Å². The summed E-state index contributed by atoms with van der Waals surface area (Å²) in [6, 6.07) is 4.11. The summed E-state index contributed by atoms with van der Waals surface area (Å²) in [5.41, 5.74) is 0.621. The molecule has 20 heavy (non-hydrogen) atoms. The Labute approximate surface area is 118 Å². The smallest absolute Gasteiger partial charge is 0.288 e. The molecule has 0 bridgehead atoms. The van der Waals surface area contributed by atoms with Crippen LogP contribution in [-0.2, 0) is 6.54 Å². The summed E-state index contributed by atoms with van der Waals surface area (Å²) in [6.45, 7) is 2.72. The molecular weight excluding hydrogens is 272 g/mol. The number of thiophene rings is 1. The van der Waals surface area contributed by atoms with Crippen molar-refractivity contribution in [2.75, 3.05) is 0 Å². The maximum atomic E-state index is 5.69. The van der Waals surface area contributed by atoms with Gasteiger partial charge in [0, 0.05) is 11.1 Å². The van der Waals surface area contributed by atoms with Gasteiger partial charge in [-0.2, -0.15) is 0 Å². The highest BCUT2D eigenvalue weighted by Gasteiger charge is 2.11. The van der Waals surface area contributed by atoms with Crippen LogP contribution in [-0.4, -0.2) is 15.0 Å². The number of nitrogens with zero attached hydrogens (tertiary/aromatic N) is 4. The van der Waals surface area contributed by atoms with Gasteiger partial charge in [0.25, 0.3) is 6.33 Å². The van der Waals surface area contributed by atoms with E-state index in [-0.39, 0.29) is 0 Å². The van der Waals surface area contributed by atoms with Crippen molar-refractivity contribution in [3.8, 4) is 0 Å². The molecule has 4 heterocycles. The van der Waals surface area contributed by atoms with Crippen LogP contribution in [0.5, 0.6) is 0 Å². The molecule has 0 aliphatic rings. The number of rotatable bonds is 2. The van der Waals surface area contributed by atoms with Crippen LogP contribution in [0.3, 0.4) is 0 Å². The molecule has 0 saturated heterocycles. The van der Waals surface area contributed by atoms with E-state index in [0.29, 0.717) is 12.3 Å². The normalized spacial score (nSPS) is 11.4. The molecule has 98 valence electrons. The van der Waals surface area contributed by atoms with Crippen LogP contribution < -0.4 is 4.57 Å². The van der Waals surface area contributed by atoms with Crippen molar-refractivity contribution in [3.05, 3.63) is 47.8 Å². The molecule has 0 amide bonds. The molecule has 0 fully saturated rings. The lowest BCUT2D eigenvalue weighted by atomic mass is 10.3. The third-order valence-electron chi connectivity index (χ3n) is 3.08. The molecule has 0 aliphatic heterocycles. The largest absolute Gasteiger partial charge is 0.438 e. The average Bonchev–Trinajstić information content (AvgIpc) is 2.99. The fourth-order valence-corrected chi connectivity index (χ4v) is 3.06. The van der Waals surface area contributed by atoms with Gasteiger partial charge in [0.1, 0.15) is 24.8 Å².